The Morgan fingerprint density at radius 1 is 1.44 bits per heavy atom. The SMILES string of the molecule is CCc1sc(C(=O)NCCNC)cc1C.Cl. The number of halogens is 1. The summed E-state index contributed by atoms with van der Waals surface area (Å²) in [4.78, 5) is 13.8. The Labute approximate surface area is 107 Å². The second kappa shape index (κ2) is 7.65. The fourth-order valence-corrected chi connectivity index (χ4v) is 2.40. The average Bonchev–Trinajstić information content (AvgIpc) is 2.60. The Hall–Kier alpha value is -0.580. The van der Waals surface area contributed by atoms with Crippen molar-refractivity contribution in [2.24, 2.45) is 0 Å². The molecule has 0 bridgehead atoms. The van der Waals surface area contributed by atoms with E-state index >= 15 is 0 Å². The number of carbonyl (C=O) groups excluding carboxylic acids is 1. The lowest BCUT2D eigenvalue weighted by molar-refractivity contribution is 0.0958. The smallest absolute Gasteiger partial charge is 0.261 e. The fraction of sp³-hybridized carbons (Fsp3) is 0.545. The summed E-state index contributed by atoms with van der Waals surface area (Å²) in [7, 11) is 1.87. The molecule has 0 aliphatic rings. The minimum absolute atomic E-state index is 0. The van der Waals surface area contributed by atoms with Gasteiger partial charge in [0.1, 0.15) is 0 Å². The normalized spacial score (nSPS) is 9.69. The van der Waals surface area contributed by atoms with E-state index in [4.69, 9.17) is 0 Å². The standard InChI is InChI=1S/C11H18N2OS.ClH/c1-4-9-8(2)7-10(15-9)11(14)13-6-5-12-3;/h7,12H,4-6H2,1-3H3,(H,13,14);1H. The number of carbonyl (C=O) groups is 1. The molecule has 16 heavy (non-hydrogen) atoms. The van der Waals surface area contributed by atoms with E-state index in [-0.39, 0.29) is 18.3 Å². The van der Waals surface area contributed by atoms with Crippen LogP contribution in [0.5, 0.6) is 0 Å². The molecule has 1 heterocycles. The third-order valence-corrected chi connectivity index (χ3v) is 3.61. The van der Waals surface area contributed by atoms with Crippen LogP contribution in [0.25, 0.3) is 0 Å². The van der Waals surface area contributed by atoms with Crippen molar-refractivity contribution in [3.05, 3.63) is 21.4 Å². The van der Waals surface area contributed by atoms with Crippen LogP contribution < -0.4 is 10.6 Å². The second-order valence-electron chi connectivity index (χ2n) is 3.43. The zero-order valence-corrected chi connectivity index (χ0v) is 11.6. The highest BCUT2D eigenvalue weighted by Gasteiger charge is 2.10. The van der Waals surface area contributed by atoms with Gasteiger partial charge in [0.25, 0.3) is 5.91 Å². The van der Waals surface area contributed by atoms with Crippen LogP contribution in [0.15, 0.2) is 6.07 Å². The maximum absolute atomic E-state index is 11.7. The van der Waals surface area contributed by atoms with Gasteiger partial charge in [0.2, 0.25) is 0 Å². The van der Waals surface area contributed by atoms with E-state index < -0.39 is 0 Å². The molecule has 0 fully saturated rings. The van der Waals surface area contributed by atoms with Crippen LogP contribution in [0, 0.1) is 6.92 Å². The van der Waals surface area contributed by atoms with Gasteiger partial charge in [0.05, 0.1) is 4.88 Å². The van der Waals surface area contributed by atoms with E-state index in [2.05, 4.69) is 24.5 Å². The first-order valence-electron chi connectivity index (χ1n) is 5.21. The van der Waals surface area contributed by atoms with Gasteiger partial charge in [-0.05, 0) is 32.0 Å². The molecule has 0 aromatic carbocycles. The third kappa shape index (κ3) is 4.12. The van der Waals surface area contributed by atoms with E-state index in [9.17, 15) is 4.79 Å². The van der Waals surface area contributed by atoms with Gasteiger partial charge in [-0.2, -0.15) is 0 Å². The summed E-state index contributed by atoms with van der Waals surface area (Å²) < 4.78 is 0. The molecule has 1 rings (SSSR count). The molecule has 5 heteroatoms. The topological polar surface area (TPSA) is 41.1 Å². The minimum atomic E-state index is 0. The summed E-state index contributed by atoms with van der Waals surface area (Å²) >= 11 is 1.59. The van der Waals surface area contributed by atoms with Gasteiger partial charge < -0.3 is 10.6 Å². The van der Waals surface area contributed by atoms with Crippen molar-refractivity contribution in [3.8, 4) is 0 Å². The molecular formula is C11H19ClN2OS. The molecule has 1 amide bonds. The number of amides is 1. The highest BCUT2D eigenvalue weighted by molar-refractivity contribution is 7.14. The summed E-state index contributed by atoms with van der Waals surface area (Å²) in [6, 6.07) is 1.97. The lowest BCUT2D eigenvalue weighted by Crippen LogP contribution is -2.29. The molecule has 1 aromatic rings. The molecule has 2 N–H and O–H groups in total. The average molecular weight is 263 g/mol. The Morgan fingerprint density at radius 2 is 2.12 bits per heavy atom. The van der Waals surface area contributed by atoms with Gasteiger partial charge in [0, 0.05) is 18.0 Å². The lowest BCUT2D eigenvalue weighted by Gasteiger charge is -2.01. The first kappa shape index (κ1) is 15.4. The van der Waals surface area contributed by atoms with Crippen LogP contribution in [0.4, 0.5) is 0 Å². The monoisotopic (exact) mass is 262 g/mol. The maximum Gasteiger partial charge on any atom is 0.261 e. The predicted octanol–water partition coefficient (Wildman–Crippen LogP) is 1.99. The van der Waals surface area contributed by atoms with Gasteiger partial charge in [-0.1, -0.05) is 6.92 Å². The van der Waals surface area contributed by atoms with Crippen LogP contribution >= 0.6 is 23.7 Å². The number of rotatable bonds is 5. The van der Waals surface area contributed by atoms with Crippen molar-refractivity contribution in [1.82, 2.24) is 10.6 Å². The summed E-state index contributed by atoms with van der Waals surface area (Å²) in [5.74, 6) is 0.0399. The Balaban J connectivity index is 0.00000225. The highest BCUT2D eigenvalue weighted by Crippen LogP contribution is 2.21. The largest absolute Gasteiger partial charge is 0.350 e. The summed E-state index contributed by atoms with van der Waals surface area (Å²) in [5.41, 5.74) is 1.22. The molecule has 0 unspecified atom stereocenters. The number of thiophene rings is 1. The van der Waals surface area contributed by atoms with Gasteiger partial charge in [0.15, 0.2) is 0 Å². The molecule has 0 aliphatic heterocycles. The van der Waals surface area contributed by atoms with Gasteiger partial charge >= 0.3 is 0 Å². The molecular weight excluding hydrogens is 244 g/mol. The molecule has 1 aromatic heterocycles. The third-order valence-electron chi connectivity index (χ3n) is 2.23. The number of nitrogens with one attached hydrogen (secondary N) is 2. The Morgan fingerprint density at radius 3 is 2.62 bits per heavy atom. The number of hydrogen-bond donors (Lipinski definition) is 2. The summed E-state index contributed by atoms with van der Waals surface area (Å²) in [6.07, 6.45) is 1.00. The first-order chi connectivity index (χ1) is 7.19. The van der Waals surface area contributed by atoms with Crippen molar-refractivity contribution in [3.63, 3.8) is 0 Å². The molecule has 3 nitrogen and oxygen atoms in total. The van der Waals surface area contributed by atoms with E-state index in [1.54, 1.807) is 11.3 Å². The summed E-state index contributed by atoms with van der Waals surface area (Å²) in [5, 5.41) is 5.86. The van der Waals surface area contributed by atoms with E-state index in [0.717, 1.165) is 17.8 Å². The predicted molar refractivity (Wildman–Crippen MR) is 71.9 cm³/mol. The van der Waals surface area contributed by atoms with Crippen LogP contribution in [-0.4, -0.2) is 26.0 Å². The first-order valence-corrected chi connectivity index (χ1v) is 6.02. The van der Waals surface area contributed by atoms with Gasteiger partial charge in [-0.15, -0.1) is 23.7 Å². The van der Waals surface area contributed by atoms with E-state index in [1.807, 2.05) is 13.1 Å². The van der Waals surface area contributed by atoms with Crippen molar-refractivity contribution < 1.29 is 4.79 Å². The van der Waals surface area contributed by atoms with Crippen LogP contribution in [0.3, 0.4) is 0 Å². The molecule has 0 spiro atoms. The highest BCUT2D eigenvalue weighted by atomic mass is 35.5. The van der Waals surface area contributed by atoms with Crippen molar-refractivity contribution in [1.29, 1.82) is 0 Å². The lowest BCUT2D eigenvalue weighted by atomic mass is 10.2. The zero-order valence-electron chi connectivity index (χ0n) is 9.92. The van der Waals surface area contributed by atoms with Crippen molar-refractivity contribution >= 4 is 29.7 Å². The minimum Gasteiger partial charge on any atom is -0.350 e. The Bertz CT molecular complexity index is 339. The molecule has 92 valence electrons. The van der Waals surface area contributed by atoms with E-state index in [0.29, 0.717) is 6.54 Å². The van der Waals surface area contributed by atoms with Crippen LogP contribution in [0.2, 0.25) is 0 Å². The van der Waals surface area contributed by atoms with Gasteiger partial charge in [-0.25, -0.2) is 0 Å². The molecule has 0 saturated heterocycles. The zero-order chi connectivity index (χ0) is 11.3. The Kier molecular flexibility index (Phi) is 7.38. The fourth-order valence-electron chi connectivity index (χ4n) is 1.37. The van der Waals surface area contributed by atoms with Crippen molar-refractivity contribution in [2.75, 3.05) is 20.1 Å². The maximum atomic E-state index is 11.7. The number of hydrogen-bond acceptors (Lipinski definition) is 3. The van der Waals surface area contributed by atoms with Gasteiger partial charge in [-0.3, -0.25) is 4.79 Å². The van der Waals surface area contributed by atoms with Crippen LogP contribution in [0.1, 0.15) is 27.0 Å². The van der Waals surface area contributed by atoms with Crippen molar-refractivity contribution in [2.45, 2.75) is 20.3 Å². The van der Waals surface area contributed by atoms with E-state index in [1.165, 1.54) is 10.4 Å². The number of likely N-dealkylation sites (N-methyl/N-ethyl adjacent to an activating group) is 1. The molecule has 0 atom stereocenters. The second-order valence-corrected chi connectivity index (χ2v) is 4.57. The molecule has 0 saturated carbocycles. The quantitative estimate of drug-likeness (QED) is 0.797. The number of aryl methyl sites for hydroxylation is 2. The molecule has 0 aliphatic carbocycles. The van der Waals surface area contributed by atoms with Crippen LogP contribution in [-0.2, 0) is 6.42 Å². The molecule has 0 radical (unpaired) electrons. The summed E-state index contributed by atoms with van der Waals surface area (Å²) in [6.45, 7) is 5.64.